The lowest BCUT2D eigenvalue weighted by Gasteiger charge is -2.12. The zero-order valence-corrected chi connectivity index (χ0v) is 18.1. The molecule has 0 spiro atoms. The van der Waals surface area contributed by atoms with Gasteiger partial charge in [0.2, 0.25) is 0 Å². The Labute approximate surface area is 175 Å². The van der Waals surface area contributed by atoms with E-state index >= 15 is 0 Å². The highest BCUT2D eigenvalue weighted by Gasteiger charge is 2.34. The summed E-state index contributed by atoms with van der Waals surface area (Å²) in [6.07, 6.45) is 2.53. The number of thioether (sulfide) groups is 1. The van der Waals surface area contributed by atoms with Crippen molar-refractivity contribution in [3.63, 3.8) is 0 Å². The molecule has 1 aliphatic heterocycles. The van der Waals surface area contributed by atoms with E-state index in [1.807, 2.05) is 25.1 Å². The molecule has 1 amide bonds. The summed E-state index contributed by atoms with van der Waals surface area (Å²) >= 11 is 1.06. The fourth-order valence-corrected chi connectivity index (χ4v) is 5.03. The molecule has 1 fully saturated rings. The van der Waals surface area contributed by atoms with Crippen molar-refractivity contribution in [3.8, 4) is 5.75 Å². The number of carbonyl (C=O) groups excluding carboxylic acids is 1. The number of sulfonamides is 1. The van der Waals surface area contributed by atoms with Crippen molar-refractivity contribution in [2.45, 2.75) is 25.2 Å². The minimum atomic E-state index is -3.92. The number of carbonyl (C=O) groups is 1. The van der Waals surface area contributed by atoms with Gasteiger partial charge in [-0.05, 0) is 66.6 Å². The van der Waals surface area contributed by atoms with E-state index in [2.05, 4.69) is 4.40 Å². The van der Waals surface area contributed by atoms with Gasteiger partial charge >= 0.3 is 0 Å². The van der Waals surface area contributed by atoms with Crippen LogP contribution in [0.2, 0.25) is 0 Å². The van der Waals surface area contributed by atoms with Crippen molar-refractivity contribution in [2.75, 3.05) is 13.7 Å². The van der Waals surface area contributed by atoms with Crippen LogP contribution in [-0.4, -0.2) is 38.0 Å². The lowest BCUT2D eigenvalue weighted by Crippen LogP contribution is -2.29. The summed E-state index contributed by atoms with van der Waals surface area (Å²) in [5.41, 5.74) is 1.83. The Kier molecular flexibility index (Phi) is 6.44. The molecule has 152 valence electrons. The maximum atomic E-state index is 12.7. The van der Waals surface area contributed by atoms with E-state index in [0.717, 1.165) is 29.3 Å². The van der Waals surface area contributed by atoms with Gasteiger partial charge in [-0.1, -0.05) is 31.2 Å². The third-order valence-corrected chi connectivity index (χ3v) is 6.83. The third kappa shape index (κ3) is 4.71. The zero-order valence-electron chi connectivity index (χ0n) is 16.5. The smallest absolute Gasteiger partial charge is 0.284 e. The SMILES string of the molecule is CCc1ccc(S(=O)(=O)/N=C2\S/C(=C/c3cccc(OC)c3)C(=O)N2CC)cc1. The molecule has 3 rings (SSSR count). The molecule has 0 unspecified atom stereocenters. The molecule has 0 radical (unpaired) electrons. The standard InChI is InChI=1S/C21H22N2O4S2/c1-4-15-9-11-18(12-10-15)29(25,26)22-21-23(5-2)20(24)19(28-21)14-16-7-6-8-17(13-16)27-3/h6-14H,4-5H2,1-3H3/b19-14+,22-21-. The van der Waals surface area contributed by atoms with E-state index in [-0.39, 0.29) is 16.0 Å². The Hall–Kier alpha value is -2.58. The Morgan fingerprint density at radius 2 is 1.86 bits per heavy atom. The molecule has 1 aliphatic rings. The van der Waals surface area contributed by atoms with Gasteiger partial charge in [-0.25, -0.2) is 0 Å². The zero-order chi connectivity index (χ0) is 21.0. The van der Waals surface area contributed by atoms with Gasteiger partial charge in [0.15, 0.2) is 5.17 Å². The van der Waals surface area contributed by atoms with Crippen molar-refractivity contribution in [1.82, 2.24) is 4.90 Å². The van der Waals surface area contributed by atoms with E-state index in [1.54, 1.807) is 50.4 Å². The van der Waals surface area contributed by atoms with Crippen molar-refractivity contribution in [2.24, 2.45) is 4.40 Å². The van der Waals surface area contributed by atoms with Crippen LogP contribution in [0.15, 0.2) is 62.7 Å². The monoisotopic (exact) mass is 430 g/mol. The molecule has 2 aromatic carbocycles. The number of nitrogens with zero attached hydrogens (tertiary/aromatic N) is 2. The highest BCUT2D eigenvalue weighted by molar-refractivity contribution is 8.19. The Bertz CT molecular complexity index is 1070. The second kappa shape index (κ2) is 8.84. The molecule has 0 saturated carbocycles. The summed E-state index contributed by atoms with van der Waals surface area (Å²) in [6, 6.07) is 13.9. The van der Waals surface area contributed by atoms with Gasteiger partial charge in [-0.3, -0.25) is 9.69 Å². The van der Waals surface area contributed by atoms with Crippen LogP contribution in [0.1, 0.15) is 25.0 Å². The second-order valence-corrected chi connectivity index (χ2v) is 8.90. The number of aryl methyl sites for hydroxylation is 1. The Morgan fingerprint density at radius 3 is 2.48 bits per heavy atom. The average molecular weight is 431 g/mol. The fourth-order valence-electron chi connectivity index (χ4n) is 2.79. The van der Waals surface area contributed by atoms with E-state index in [0.29, 0.717) is 17.2 Å². The summed E-state index contributed by atoms with van der Waals surface area (Å²) < 4.78 is 34.6. The predicted octanol–water partition coefficient (Wildman–Crippen LogP) is 3.94. The van der Waals surface area contributed by atoms with Crippen LogP contribution < -0.4 is 4.74 Å². The van der Waals surface area contributed by atoms with Crippen LogP contribution in [0, 0.1) is 0 Å². The van der Waals surface area contributed by atoms with Crippen molar-refractivity contribution >= 4 is 38.9 Å². The summed E-state index contributed by atoms with van der Waals surface area (Å²) in [5, 5.41) is 0.159. The van der Waals surface area contributed by atoms with Gasteiger partial charge in [-0.2, -0.15) is 8.42 Å². The Morgan fingerprint density at radius 1 is 1.14 bits per heavy atom. The maximum absolute atomic E-state index is 12.7. The maximum Gasteiger partial charge on any atom is 0.284 e. The first-order valence-electron chi connectivity index (χ1n) is 9.17. The molecule has 29 heavy (non-hydrogen) atoms. The molecular weight excluding hydrogens is 408 g/mol. The van der Waals surface area contributed by atoms with E-state index in [9.17, 15) is 13.2 Å². The average Bonchev–Trinajstić information content (AvgIpc) is 3.01. The van der Waals surface area contributed by atoms with Gasteiger partial charge < -0.3 is 4.74 Å². The number of rotatable bonds is 6. The third-order valence-electron chi connectivity index (χ3n) is 4.42. The highest BCUT2D eigenvalue weighted by Crippen LogP contribution is 2.34. The molecule has 0 atom stereocenters. The van der Waals surface area contributed by atoms with Crippen LogP contribution in [-0.2, 0) is 21.2 Å². The molecule has 1 heterocycles. The molecule has 0 bridgehead atoms. The van der Waals surface area contributed by atoms with Crippen LogP contribution in [0.25, 0.3) is 6.08 Å². The number of amidine groups is 1. The molecule has 2 aromatic rings. The molecule has 0 aromatic heterocycles. The first-order valence-corrected chi connectivity index (χ1v) is 11.4. The van der Waals surface area contributed by atoms with Gasteiger partial charge in [0.05, 0.1) is 16.9 Å². The van der Waals surface area contributed by atoms with Gasteiger partial charge in [0.25, 0.3) is 15.9 Å². The first-order chi connectivity index (χ1) is 13.9. The lowest BCUT2D eigenvalue weighted by molar-refractivity contribution is -0.122. The minimum Gasteiger partial charge on any atom is -0.497 e. The number of methoxy groups -OCH3 is 1. The Balaban J connectivity index is 1.94. The molecular formula is C21H22N2O4S2. The summed E-state index contributed by atoms with van der Waals surface area (Å²) in [5.74, 6) is 0.407. The minimum absolute atomic E-state index is 0.108. The number of hydrogen-bond acceptors (Lipinski definition) is 5. The predicted molar refractivity (Wildman–Crippen MR) is 116 cm³/mol. The lowest BCUT2D eigenvalue weighted by atomic mass is 10.2. The molecule has 1 saturated heterocycles. The number of hydrogen-bond donors (Lipinski definition) is 0. The summed E-state index contributed by atoms with van der Waals surface area (Å²) in [4.78, 5) is 14.6. The molecule has 8 heteroatoms. The van der Waals surface area contributed by atoms with E-state index in [4.69, 9.17) is 4.74 Å². The highest BCUT2D eigenvalue weighted by atomic mass is 32.2. The normalized spacial score (nSPS) is 17.3. The van der Waals surface area contributed by atoms with Gasteiger partial charge in [0, 0.05) is 6.54 Å². The fraction of sp³-hybridized carbons (Fsp3) is 0.238. The van der Waals surface area contributed by atoms with Gasteiger partial charge in [-0.15, -0.1) is 4.40 Å². The molecule has 0 N–H and O–H groups in total. The van der Waals surface area contributed by atoms with Crippen molar-refractivity contribution in [3.05, 3.63) is 64.6 Å². The van der Waals surface area contributed by atoms with E-state index < -0.39 is 10.0 Å². The largest absolute Gasteiger partial charge is 0.497 e. The number of benzene rings is 2. The van der Waals surface area contributed by atoms with E-state index in [1.165, 1.54) is 4.90 Å². The van der Waals surface area contributed by atoms with Crippen molar-refractivity contribution < 1.29 is 17.9 Å². The topological polar surface area (TPSA) is 76.0 Å². The van der Waals surface area contributed by atoms with Gasteiger partial charge in [0.1, 0.15) is 5.75 Å². The second-order valence-electron chi connectivity index (χ2n) is 6.28. The van der Waals surface area contributed by atoms with Crippen LogP contribution in [0.5, 0.6) is 5.75 Å². The van der Waals surface area contributed by atoms with Crippen LogP contribution in [0.3, 0.4) is 0 Å². The first kappa shape index (κ1) is 21.1. The van der Waals surface area contributed by atoms with Crippen molar-refractivity contribution in [1.29, 1.82) is 0 Å². The summed E-state index contributed by atoms with van der Waals surface area (Å²) in [6.45, 7) is 4.11. The molecule has 6 nitrogen and oxygen atoms in total. The number of amides is 1. The van der Waals surface area contributed by atoms with Crippen LogP contribution in [0.4, 0.5) is 0 Å². The quantitative estimate of drug-likeness (QED) is 0.649. The number of likely N-dealkylation sites (N-methyl/N-ethyl adjacent to an activating group) is 1. The number of ether oxygens (including phenoxy) is 1. The molecule has 0 aliphatic carbocycles. The van der Waals surface area contributed by atoms with Crippen LogP contribution >= 0.6 is 11.8 Å². The summed E-state index contributed by atoms with van der Waals surface area (Å²) in [7, 11) is -2.34.